The van der Waals surface area contributed by atoms with Gasteiger partial charge in [0.25, 0.3) is 0 Å². The monoisotopic (exact) mass is 302 g/mol. The highest BCUT2D eigenvalue weighted by Crippen LogP contribution is 2.48. The van der Waals surface area contributed by atoms with Gasteiger partial charge in [-0.2, -0.15) is 0 Å². The van der Waals surface area contributed by atoms with Gasteiger partial charge in [0.2, 0.25) is 11.8 Å². The van der Waals surface area contributed by atoms with E-state index in [1.807, 2.05) is 23.1 Å². The smallest absolute Gasteiger partial charge is 0.231 e. The molecule has 0 aliphatic carbocycles. The number of amides is 1. The predicted octanol–water partition coefficient (Wildman–Crippen LogP) is 2.02. The number of ether oxygens (including phenoxy) is 2. The molecule has 0 aromatic carbocycles. The molecule has 4 unspecified atom stereocenters. The lowest BCUT2D eigenvalue weighted by molar-refractivity contribution is -0.143. The van der Waals surface area contributed by atoms with Crippen LogP contribution in [0.4, 0.5) is 0 Å². The van der Waals surface area contributed by atoms with Crippen LogP contribution in [0.1, 0.15) is 32.6 Å². The number of likely N-dealkylation sites (tertiary alicyclic amines) is 1. The van der Waals surface area contributed by atoms with Crippen LogP contribution in [0.2, 0.25) is 0 Å². The molecule has 4 rings (SSSR count). The largest absolute Gasteiger partial charge is 0.472 e. The number of fused-ring (bicyclic) bond motifs is 2. The molecule has 2 bridgehead atoms. The first kappa shape index (κ1) is 14.0. The first-order valence-electron chi connectivity index (χ1n) is 8.18. The van der Waals surface area contributed by atoms with Crippen molar-refractivity contribution in [2.45, 2.75) is 50.9 Å². The van der Waals surface area contributed by atoms with Crippen molar-refractivity contribution in [2.75, 3.05) is 13.1 Å². The van der Waals surface area contributed by atoms with Crippen LogP contribution in [0.3, 0.4) is 0 Å². The Morgan fingerprint density at radius 2 is 2.32 bits per heavy atom. The van der Waals surface area contributed by atoms with E-state index in [4.69, 9.17) is 9.47 Å². The molecule has 0 N–H and O–H groups in total. The van der Waals surface area contributed by atoms with Crippen molar-refractivity contribution in [1.29, 1.82) is 0 Å². The lowest BCUT2D eigenvalue weighted by atomic mass is 9.74. The Labute approximate surface area is 130 Å². The lowest BCUT2D eigenvalue weighted by Gasteiger charge is -2.33. The minimum atomic E-state index is -0.331. The average Bonchev–Trinajstić information content (AvgIpc) is 3.23. The average molecular weight is 302 g/mol. The summed E-state index contributed by atoms with van der Waals surface area (Å²) in [4.78, 5) is 19.1. The highest BCUT2D eigenvalue weighted by atomic mass is 16.5. The predicted molar refractivity (Wildman–Crippen MR) is 80.5 cm³/mol. The molecule has 3 fully saturated rings. The molecular formula is C17H22N2O3. The Bertz CT molecular complexity index is 564. The summed E-state index contributed by atoms with van der Waals surface area (Å²) < 4.78 is 11.8. The third kappa shape index (κ3) is 2.28. The van der Waals surface area contributed by atoms with Gasteiger partial charge in [-0.3, -0.25) is 4.79 Å². The van der Waals surface area contributed by atoms with Crippen molar-refractivity contribution < 1.29 is 14.3 Å². The maximum absolute atomic E-state index is 12.9. The van der Waals surface area contributed by atoms with Crippen LogP contribution < -0.4 is 4.74 Å². The number of hydrogen-bond donors (Lipinski definition) is 0. The molecule has 5 nitrogen and oxygen atoms in total. The molecule has 1 aromatic rings. The third-order valence-corrected chi connectivity index (χ3v) is 5.32. The van der Waals surface area contributed by atoms with Gasteiger partial charge >= 0.3 is 0 Å². The Morgan fingerprint density at radius 1 is 1.41 bits per heavy atom. The number of carbonyl (C=O) groups excluding carboxylic acids is 1. The summed E-state index contributed by atoms with van der Waals surface area (Å²) in [6.45, 7) is 3.50. The number of rotatable bonds is 3. The maximum atomic E-state index is 12.9. The van der Waals surface area contributed by atoms with Crippen LogP contribution in [0.15, 0.2) is 24.4 Å². The summed E-state index contributed by atoms with van der Waals surface area (Å²) in [5.74, 6) is 0.878. The van der Waals surface area contributed by atoms with E-state index in [1.165, 1.54) is 0 Å². The molecule has 0 saturated carbocycles. The minimum absolute atomic E-state index is 0.0435. The molecule has 1 amide bonds. The van der Waals surface area contributed by atoms with E-state index in [9.17, 15) is 4.79 Å². The van der Waals surface area contributed by atoms with E-state index in [0.29, 0.717) is 18.5 Å². The fraction of sp³-hybridized carbons (Fsp3) is 0.647. The lowest BCUT2D eigenvalue weighted by Crippen LogP contribution is -2.47. The van der Waals surface area contributed by atoms with Crippen LogP contribution in [0, 0.1) is 5.41 Å². The molecule has 118 valence electrons. The Balaban J connectivity index is 1.39. The molecule has 0 radical (unpaired) electrons. The van der Waals surface area contributed by atoms with Gasteiger partial charge in [0.1, 0.15) is 6.10 Å². The second kappa shape index (κ2) is 5.23. The Kier molecular flexibility index (Phi) is 3.33. The maximum Gasteiger partial charge on any atom is 0.231 e. The number of hydrogen-bond acceptors (Lipinski definition) is 4. The van der Waals surface area contributed by atoms with Crippen LogP contribution >= 0.6 is 0 Å². The zero-order valence-electron chi connectivity index (χ0n) is 12.9. The van der Waals surface area contributed by atoms with Crippen LogP contribution in [0.25, 0.3) is 0 Å². The quantitative estimate of drug-likeness (QED) is 0.857. The summed E-state index contributed by atoms with van der Waals surface area (Å²) in [7, 11) is 0. The van der Waals surface area contributed by atoms with Gasteiger partial charge in [-0.25, -0.2) is 4.98 Å². The van der Waals surface area contributed by atoms with E-state index in [1.54, 1.807) is 6.20 Å². The Morgan fingerprint density at radius 3 is 3.00 bits per heavy atom. The first-order valence-corrected chi connectivity index (χ1v) is 8.18. The molecule has 22 heavy (non-hydrogen) atoms. The highest BCUT2D eigenvalue weighted by molar-refractivity contribution is 5.84. The number of nitrogens with zero attached hydrogens (tertiary/aromatic N) is 2. The van der Waals surface area contributed by atoms with Crippen molar-refractivity contribution in [3.05, 3.63) is 24.4 Å². The van der Waals surface area contributed by atoms with Gasteiger partial charge in [0.05, 0.1) is 24.2 Å². The Hall–Kier alpha value is -1.62. The molecule has 4 heterocycles. The second-order valence-electron chi connectivity index (χ2n) is 6.89. The number of aromatic nitrogens is 1. The minimum Gasteiger partial charge on any atom is -0.472 e. The topological polar surface area (TPSA) is 51.7 Å². The molecular weight excluding hydrogens is 280 g/mol. The van der Waals surface area contributed by atoms with Crippen LogP contribution in [-0.4, -0.2) is 47.2 Å². The zero-order chi connectivity index (χ0) is 15.2. The van der Waals surface area contributed by atoms with Crippen molar-refractivity contribution in [2.24, 2.45) is 5.41 Å². The van der Waals surface area contributed by atoms with Crippen molar-refractivity contribution in [1.82, 2.24) is 9.88 Å². The molecule has 3 saturated heterocycles. The molecule has 4 atom stereocenters. The highest BCUT2D eigenvalue weighted by Gasteiger charge is 2.55. The van der Waals surface area contributed by atoms with Gasteiger partial charge in [-0.15, -0.1) is 0 Å². The van der Waals surface area contributed by atoms with Gasteiger partial charge in [-0.1, -0.05) is 6.07 Å². The van der Waals surface area contributed by atoms with Crippen LogP contribution in [0.5, 0.6) is 5.88 Å². The van der Waals surface area contributed by atoms with Crippen LogP contribution in [-0.2, 0) is 9.53 Å². The third-order valence-electron chi connectivity index (χ3n) is 5.32. The summed E-state index contributed by atoms with van der Waals surface area (Å²) in [6.07, 6.45) is 6.05. The van der Waals surface area contributed by atoms with Gasteiger partial charge in [0, 0.05) is 25.2 Å². The van der Waals surface area contributed by atoms with E-state index in [-0.39, 0.29) is 23.5 Å². The van der Waals surface area contributed by atoms with E-state index >= 15 is 0 Å². The summed E-state index contributed by atoms with van der Waals surface area (Å²) in [5.41, 5.74) is -0.331. The van der Waals surface area contributed by atoms with Crippen molar-refractivity contribution >= 4 is 5.91 Å². The SMILES string of the molecule is CC1(C(=O)N2CCC(Oc3ccccn3)C2)CC2CCC1O2. The number of pyridine rings is 1. The van der Waals surface area contributed by atoms with E-state index in [0.717, 1.165) is 32.2 Å². The molecule has 0 spiro atoms. The van der Waals surface area contributed by atoms with E-state index < -0.39 is 0 Å². The van der Waals surface area contributed by atoms with Gasteiger partial charge in [0.15, 0.2) is 0 Å². The van der Waals surface area contributed by atoms with Crippen molar-refractivity contribution in [3.8, 4) is 5.88 Å². The molecule has 3 aliphatic heterocycles. The second-order valence-corrected chi connectivity index (χ2v) is 6.89. The standard InChI is InChI=1S/C17H22N2O3/c1-17(10-12-5-6-14(17)21-12)16(20)19-9-7-13(11-19)22-15-4-2-3-8-18-15/h2-4,8,12-14H,5-7,9-11H2,1H3. The summed E-state index contributed by atoms with van der Waals surface area (Å²) in [5, 5.41) is 0. The van der Waals surface area contributed by atoms with Gasteiger partial charge < -0.3 is 14.4 Å². The summed E-state index contributed by atoms with van der Waals surface area (Å²) >= 11 is 0. The fourth-order valence-corrected chi connectivity index (χ4v) is 4.11. The normalized spacial score (nSPS) is 36.8. The zero-order valence-corrected chi connectivity index (χ0v) is 12.9. The molecule has 3 aliphatic rings. The number of carbonyl (C=O) groups is 1. The molecule has 5 heteroatoms. The fourth-order valence-electron chi connectivity index (χ4n) is 4.11. The van der Waals surface area contributed by atoms with Crippen molar-refractivity contribution in [3.63, 3.8) is 0 Å². The molecule has 1 aromatic heterocycles. The first-order chi connectivity index (χ1) is 10.6. The summed E-state index contributed by atoms with van der Waals surface area (Å²) in [6, 6.07) is 5.64. The van der Waals surface area contributed by atoms with E-state index in [2.05, 4.69) is 11.9 Å². The van der Waals surface area contributed by atoms with Gasteiger partial charge in [-0.05, 0) is 32.3 Å².